The lowest BCUT2D eigenvalue weighted by molar-refractivity contribution is 0.0900. The lowest BCUT2D eigenvalue weighted by atomic mass is 9.94. The smallest absolute Gasteiger partial charge is 0.289 e. The van der Waals surface area contributed by atoms with E-state index in [0.717, 1.165) is 38.2 Å². The average molecular weight is 344 g/mol. The van der Waals surface area contributed by atoms with Crippen LogP contribution in [0.2, 0.25) is 0 Å². The molecule has 3 heterocycles. The second-order valence-corrected chi connectivity index (χ2v) is 6.30. The van der Waals surface area contributed by atoms with Gasteiger partial charge in [-0.2, -0.15) is 0 Å². The summed E-state index contributed by atoms with van der Waals surface area (Å²) in [6.45, 7) is 3.78. The van der Waals surface area contributed by atoms with Crippen LogP contribution in [0.4, 0.5) is 0 Å². The van der Waals surface area contributed by atoms with Crippen LogP contribution in [-0.2, 0) is 11.3 Å². The van der Waals surface area contributed by atoms with Gasteiger partial charge in [0.2, 0.25) is 5.76 Å². The van der Waals surface area contributed by atoms with Crippen LogP contribution >= 0.6 is 0 Å². The summed E-state index contributed by atoms with van der Waals surface area (Å²) in [5, 5.41) is 6.87. The van der Waals surface area contributed by atoms with Gasteiger partial charge in [0, 0.05) is 51.1 Å². The van der Waals surface area contributed by atoms with Gasteiger partial charge in [0.15, 0.2) is 0 Å². The standard InChI is InChI=1S/C18H24N4O3/c1-24-9-7-20-18(23)17-10-16(21-25-17)15-5-3-8-22(13-15)12-14-4-2-6-19-11-14/h2,4,6,10-11,15H,3,5,7-9,12-13H2,1H3,(H,20,23)/t15-/m1/s1. The molecule has 0 bridgehead atoms. The van der Waals surface area contributed by atoms with Gasteiger partial charge < -0.3 is 14.6 Å². The molecule has 1 fully saturated rings. The highest BCUT2D eigenvalue weighted by Gasteiger charge is 2.25. The molecule has 134 valence electrons. The van der Waals surface area contributed by atoms with Gasteiger partial charge in [-0.15, -0.1) is 0 Å². The number of nitrogens with one attached hydrogen (secondary N) is 1. The molecular weight excluding hydrogens is 320 g/mol. The molecule has 7 heteroatoms. The average Bonchev–Trinajstić information content (AvgIpc) is 3.13. The maximum atomic E-state index is 12.0. The van der Waals surface area contributed by atoms with Crippen molar-refractivity contribution in [3.8, 4) is 0 Å². The third-order valence-electron chi connectivity index (χ3n) is 4.40. The molecule has 0 spiro atoms. The first-order valence-corrected chi connectivity index (χ1v) is 8.61. The molecule has 1 saturated heterocycles. The van der Waals surface area contributed by atoms with Crippen molar-refractivity contribution in [2.75, 3.05) is 33.4 Å². The Kier molecular flexibility index (Phi) is 6.14. The van der Waals surface area contributed by atoms with E-state index < -0.39 is 0 Å². The Bertz CT molecular complexity index is 674. The number of ether oxygens (including phenoxy) is 1. The molecule has 3 rings (SSSR count). The number of carbonyl (C=O) groups excluding carboxylic acids is 1. The number of piperidine rings is 1. The number of rotatable bonds is 7. The second-order valence-electron chi connectivity index (χ2n) is 6.30. The maximum Gasteiger partial charge on any atom is 0.289 e. The number of likely N-dealkylation sites (tertiary alicyclic amines) is 1. The summed E-state index contributed by atoms with van der Waals surface area (Å²) < 4.78 is 10.2. The molecule has 2 aromatic rings. The van der Waals surface area contributed by atoms with E-state index in [2.05, 4.69) is 26.4 Å². The summed E-state index contributed by atoms with van der Waals surface area (Å²) in [5.41, 5.74) is 2.06. The minimum Gasteiger partial charge on any atom is -0.383 e. The molecule has 1 aliphatic heterocycles. The molecule has 2 aromatic heterocycles. The van der Waals surface area contributed by atoms with Gasteiger partial charge in [-0.3, -0.25) is 14.7 Å². The first-order valence-electron chi connectivity index (χ1n) is 8.61. The molecule has 0 saturated carbocycles. The van der Waals surface area contributed by atoms with Gasteiger partial charge in [0.05, 0.1) is 12.3 Å². The van der Waals surface area contributed by atoms with Crippen LogP contribution in [0.1, 0.15) is 40.6 Å². The van der Waals surface area contributed by atoms with E-state index in [9.17, 15) is 4.79 Å². The van der Waals surface area contributed by atoms with Crippen molar-refractivity contribution in [2.45, 2.75) is 25.3 Å². The van der Waals surface area contributed by atoms with Crippen LogP contribution in [0.5, 0.6) is 0 Å². The molecule has 1 N–H and O–H groups in total. The van der Waals surface area contributed by atoms with E-state index in [1.165, 1.54) is 5.56 Å². The van der Waals surface area contributed by atoms with Crippen molar-refractivity contribution in [1.29, 1.82) is 0 Å². The predicted octanol–water partition coefficient (Wildman–Crippen LogP) is 1.83. The Balaban J connectivity index is 1.57. The summed E-state index contributed by atoms with van der Waals surface area (Å²) in [4.78, 5) is 18.6. The number of hydrogen-bond donors (Lipinski definition) is 1. The highest BCUT2D eigenvalue weighted by molar-refractivity contribution is 5.91. The maximum absolute atomic E-state index is 12.0. The predicted molar refractivity (Wildman–Crippen MR) is 92.2 cm³/mol. The number of amides is 1. The van der Waals surface area contributed by atoms with Gasteiger partial charge in [0.1, 0.15) is 0 Å². The largest absolute Gasteiger partial charge is 0.383 e. The van der Waals surface area contributed by atoms with Crippen LogP contribution in [0.3, 0.4) is 0 Å². The molecule has 0 aliphatic carbocycles. The third kappa shape index (κ3) is 4.87. The highest BCUT2D eigenvalue weighted by Crippen LogP contribution is 2.27. The summed E-state index contributed by atoms with van der Waals surface area (Å²) in [7, 11) is 1.60. The van der Waals surface area contributed by atoms with E-state index in [4.69, 9.17) is 9.26 Å². The zero-order chi connectivity index (χ0) is 17.5. The van der Waals surface area contributed by atoms with E-state index in [-0.39, 0.29) is 17.6 Å². The Labute approximate surface area is 147 Å². The second kappa shape index (κ2) is 8.73. The molecule has 25 heavy (non-hydrogen) atoms. The number of methoxy groups -OCH3 is 1. The van der Waals surface area contributed by atoms with Crippen molar-refractivity contribution in [1.82, 2.24) is 20.4 Å². The summed E-state index contributed by atoms with van der Waals surface area (Å²) in [6, 6.07) is 5.82. The molecule has 1 amide bonds. The van der Waals surface area contributed by atoms with Gasteiger partial charge in [-0.05, 0) is 31.0 Å². The van der Waals surface area contributed by atoms with Crippen LogP contribution in [0.15, 0.2) is 35.1 Å². The number of nitrogens with zero attached hydrogens (tertiary/aromatic N) is 3. The fraction of sp³-hybridized carbons (Fsp3) is 0.500. The first-order chi connectivity index (χ1) is 12.3. The van der Waals surface area contributed by atoms with Crippen LogP contribution in [0, 0.1) is 0 Å². The summed E-state index contributed by atoms with van der Waals surface area (Å²) >= 11 is 0. The Hall–Kier alpha value is -2.25. The lowest BCUT2D eigenvalue weighted by Gasteiger charge is -2.31. The van der Waals surface area contributed by atoms with Crippen molar-refractivity contribution in [3.63, 3.8) is 0 Å². The van der Waals surface area contributed by atoms with E-state index >= 15 is 0 Å². The number of pyridine rings is 1. The van der Waals surface area contributed by atoms with E-state index in [0.29, 0.717) is 13.2 Å². The molecular formula is C18H24N4O3. The Morgan fingerprint density at radius 1 is 1.52 bits per heavy atom. The zero-order valence-corrected chi connectivity index (χ0v) is 14.5. The summed E-state index contributed by atoms with van der Waals surface area (Å²) in [6.07, 6.45) is 5.85. The fourth-order valence-corrected chi connectivity index (χ4v) is 3.13. The minimum atomic E-state index is -0.251. The van der Waals surface area contributed by atoms with Crippen LogP contribution in [0.25, 0.3) is 0 Å². The third-order valence-corrected chi connectivity index (χ3v) is 4.40. The molecule has 1 atom stereocenters. The number of hydrogen-bond acceptors (Lipinski definition) is 6. The fourth-order valence-electron chi connectivity index (χ4n) is 3.13. The highest BCUT2D eigenvalue weighted by atomic mass is 16.5. The quantitative estimate of drug-likeness (QED) is 0.772. The number of carbonyl (C=O) groups is 1. The SMILES string of the molecule is COCCNC(=O)c1cc([C@@H]2CCCN(Cc3cccnc3)C2)no1. The van der Waals surface area contributed by atoms with Crippen molar-refractivity contribution < 1.29 is 14.1 Å². The molecule has 0 unspecified atom stereocenters. The Morgan fingerprint density at radius 2 is 2.44 bits per heavy atom. The van der Waals surface area contributed by atoms with E-state index in [1.807, 2.05) is 12.3 Å². The molecule has 0 radical (unpaired) electrons. The van der Waals surface area contributed by atoms with Gasteiger partial charge in [0.25, 0.3) is 5.91 Å². The van der Waals surface area contributed by atoms with Crippen molar-refractivity contribution in [3.05, 3.63) is 47.6 Å². The molecule has 7 nitrogen and oxygen atoms in total. The van der Waals surface area contributed by atoms with E-state index in [1.54, 1.807) is 19.4 Å². The number of aromatic nitrogens is 2. The Morgan fingerprint density at radius 3 is 3.24 bits per heavy atom. The summed E-state index contributed by atoms with van der Waals surface area (Å²) in [5.74, 6) is 0.295. The topological polar surface area (TPSA) is 80.5 Å². The minimum absolute atomic E-state index is 0.251. The van der Waals surface area contributed by atoms with Crippen LogP contribution in [-0.4, -0.2) is 54.3 Å². The molecule has 0 aromatic carbocycles. The zero-order valence-electron chi connectivity index (χ0n) is 14.5. The van der Waals surface area contributed by atoms with Crippen molar-refractivity contribution in [2.24, 2.45) is 0 Å². The van der Waals surface area contributed by atoms with Gasteiger partial charge in [-0.25, -0.2) is 0 Å². The monoisotopic (exact) mass is 344 g/mol. The van der Waals surface area contributed by atoms with Gasteiger partial charge in [-0.1, -0.05) is 11.2 Å². The van der Waals surface area contributed by atoms with Gasteiger partial charge >= 0.3 is 0 Å². The first kappa shape index (κ1) is 17.6. The lowest BCUT2D eigenvalue weighted by Crippen LogP contribution is -2.34. The van der Waals surface area contributed by atoms with Crippen LogP contribution < -0.4 is 5.32 Å². The van der Waals surface area contributed by atoms with Crippen molar-refractivity contribution >= 4 is 5.91 Å². The molecule has 1 aliphatic rings. The normalized spacial score (nSPS) is 18.2.